The number of hydrogen-bond acceptors (Lipinski definition) is 2. The SMILES string of the molecule is C.CC(C)(F)c1cccc(-c2ccc3cc(C=O)oc3c2)c1. The van der Waals surface area contributed by atoms with Crippen molar-refractivity contribution in [3.8, 4) is 11.1 Å². The van der Waals surface area contributed by atoms with Gasteiger partial charge in [0.15, 0.2) is 12.0 Å². The van der Waals surface area contributed by atoms with Crippen LogP contribution < -0.4 is 0 Å². The lowest BCUT2D eigenvalue weighted by atomic mass is 9.95. The van der Waals surface area contributed by atoms with Gasteiger partial charge in [0, 0.05) is 5.39 Å². The van der Waals surface area contributed by atoms with E-state index in [1.165, 1.54) is 13.8 Å². The highest BCUT2D eigenvalue weighted by atomic mass is 19.1. The number of alkyl halides is 1. The topological polar surface area (TPSA) is 30.2 Å². The summed E-state index contributed by atoms with van der Waals surface area (Å²) in [7, 11) is 0. The lowest BCUT2D eigenvalue weighted by molar-refractivity contribution is 0.110. The van der Waals surface area contributed by atoms with E-state index in [4.69, 9.17) is 4.42 Å². The van der Waals surface area contributed by atoms with Gasteiger partial charge in [-0.05, 0) is 48.7 Å². The molecule has 3 rings (SSSR count). The van der Waals surface area contributed by atoms with Crippen LogP contribution in [0.5, 0.6) is 0 Å². The van der Waals surface area contributed by atoms with Gasteiger partial charge in [0.2, 0.25) is 0 Å². The Labute approximate surface area is 129 Å². The second-order valence-corrected chi connectivity index (χ2v) is 5.57. The van der Waals surface area contributed by atoms with Gasteiger partial charge in [-0.3, -0.25) is 4.79 Å². The number of fused-ring (bicyclic) bond motifs is 1. The van der Waals surface area contributed by atoms with Crippen molar-refractivity contribution >= 4 is 17.3 Å². The Kier molecular flexibility index (Phi) is 4.18. The molecule has 0 bridgehead atoms. The van der Waals surface area contributed by atoms with Crippen molar-refractivity contribution in [2.75, 3.05) is 0 Å². The van der Waals surface area contributed by atoms with E-state index in [1.54, 1.807) is 12.1 Å². The number of rotatable bonds is 3. The minimum Gasteiger partial charge on any atom is -0.453 e. The van der Waals surface area contributed by atoms with Crippen molar-refractivity contribution in [1.29, 1.82) is 0 Å². The van der Waals surface area contributed by atoms with Gasteiger partial charge in [-0.25, -0.2) is 4.39 Å². The van der Waals surface area contributed by atoms with E-state index < -0.39 is 5.67 Å². The standard InChI is InChI=1S/C18H15FO2.CH4/c1-18(2,19)15-5-3-4-12(8-15)13-6-7-14-9-16(11-20)21-17(14)10-13;/h3-11H,1-2H3;1H4. The first kappa shape index (κ1) is 16.0. The Balaban J connectivity index is 0.00000176. The van der Waals surface area contributed by atoms with Gasteiger partial charge in [0.1, 0.15) is 11.3 Å². The number of furan rings is 1. The molecule has 0 unspecified atom stereocenters. The molecular formula is C19H19FO2. The van der Waals surface area contributed by atoms with Crippen LogP contribution >= 0.6 is 0 Å². The lowest BCUT2D eigenvalue weighted by Gasteiger charge is -2.15. The molecular weight excluding hydrogens is 279 g/mol. The van der Waals surface area contributed by atoms with Gasteiger partial charge in [0.25, 0.3) is 0 Å². The number of halogens is 1. The van der Waals surface area contributed by atoms with Crippen LogP contribution in [0.1, 0.15) is 37.4 Å². The van der Waals surface area contributed by atoms with Crippen molar-refractivity contribution in [1.82, 2.24) is 0 Å². The largest absolute Gasteiger partial charge is 0.453 e. The molecule has 3 heteroatoms. The Morgan fingerprint density at radius 1 is 1.05 bits per heavy atom. The fraction of sp³-hybridized carbons (Fsp3) is 0.211. The highest BCUT2D eigenvalue weighted by molar-refractivity contribution is 5.88. The van der Waals surface area contributed by atoms with Crippen LogP contribution in [-0.4, -0.2) is 6.29 Å². The average Bonchev–Trinajstić information content (AvgIpc) is 2.88. The van der Waals surface area contributed by atoms with Crippen LogP contribution in [0.4, 0.5) is 4.39 Å². The second kappa shape index (κ2) is 5.76. The molecule has 2 aromatic carbocycles. The zero-order valence-electron chi connectivity index (χ0n) is 11.9. The molecule has 114 valence electrons. The van der Waals surface area contributed by atoms with E-state index >= 15 is 0 Å². The second-order valence-electron chi connectivity index (χ2n) is 5.57. The average molecular weight is 298 g/mol. The summed E-state index contributed by atoms with van der Waals surface area (Å²) in [5.74, 6) is 0.306. The summed E-state index contributed by atoms with van der Waals surface area (Å²) in [6, 6.07) is 14.8. The Morgan fingerprint density at radius 3 is 2.45 bits per heavy atom. The Hall–Kier alpha value is -2.42. The molecule has 1 aromatic heterocycles. The fourth-order valence-electron chi connectivity index (χ4n) is 2.36. The summed E-state index contributed by atoms with van der Waals surface area (Å²) in [6.07, 6.45) is 0.686. The van der Waals surface area contributed by atoms with Crippen LogP contribution in [-0.2, 0) is 5.67 Å². The monoisotopic (exact) mass is 298 g/mol. The third-order valence-corrected chi connectivity index (χ3v) is 3.54. The zero-order chi connectivity index (χ0) is 15.0. The quantitative estimate of drug-likeness (QED) is 0.576. The van der Waals surface area contributed by atoms with Crippen LogP contribution in [0, 0.1) is 0 Å². The van der Waals surface area contributed by atoms with Crippen LogP contribution in [0.25, 0.3) is 22.1 Å². The molecule has 2 nitrogen and oxygen atoms in total. The van der Waals surface area contributed by atoms with Crippen molar-refractivity contribution in [2.24, 2.45) is 0 Å². The van der Waals surface area contributed by atoms with E-state index in [9.17, 15) is 9.18 Å². The van der Waals surface area contributed by atoms with E-state index in [0.29, 0.717) is 23.2 Å². The number of carbonyl (C=O) groups excluding carboxylic acids is 1. The first-order valence-electron chi connectivity index (χ1n) is 6.76. The predicted octanol–water partition coefficient (Wildman–Crippen LogP) is 5.75. The molecule has 1 heterocycles. The maximum atomic E-state index is 14.1. The molecule has 3 aromatic rings. The maximum Gasteiger partial charge on any atom is 0.185 e. The third-order valence-electron chi connectivity index (χ3n) is 3.54. The molecule has 0 radical (unpaired) electrons. The van der Waals surface area contributed by atoms with Gasteiger partial charge < -0.3 is 4.42 Å². The van der Waals surface area contributed by atoms with Gasteiger partial charge in [-0.2, -0.15) is 0 Å². The first-order valence-corrected chi connectivity index (χ1v) is 6.76. The summed E-state index contributed by atoms with van der Waals surface area (Å²) < 4.78 is 19.5. The zero-order valence-corrected chi connectivity index (χ0v) is 11.9. The van der Waals surface area contributed by atoms with Gasteiger partial charge in [-0.15, -0.1) is 0 Å². The summed E-state index contributed by atoms with van der Waals surface area (Å²) in [6.45, 7) is 3.08. The molecule has 0 saturated heterocycles. The highest BCUT2D eigenvalue weighted by Crippen LogP contribution is 2.31. The summed E-state index contributed by atoms with van der Waals surface area (Å²) in [5, 5.41) is 0.878. The summed E-state index contributed by atoms with van der Waals surface area (Å²) >= 11 is 0. The van der Waals surface area contributed by atoms with Crippen molar-refractivity contribution < 1.29 is 13.6 Å². The first-order chi connectivity index (χ1) is 9.97. The predicted molar refractivity (Wildman–Crippen MR) is 87.9 cm³/mol. The Bertz CT molecular complexity index is 810. The molecule has 0 spiro atoms. The van der Waals surface area contributed by atoms with Crippen molar-refractivity contribution in [2.45, 2.75) is 26.9 Å². The normalized spacial score (nSPS) is 11.2. The molecule has 0 fully saturated rings. The van der Waals surface area contributed by atoms with E-state index in [0.717, 1.165) is 16.5 Å². The number of hydrogen-bond donors (Lipinski definition) is 0. The smallest absolute Gasteiger partial charge is 0.185 e. The molecule has 0 N–H and O–H groups in total. The molecule has 0 aliphatic heterocycles. The van der Waals surface area contributed by atoms with E-state index in [1.807, 2.05) is 36.4 Å². The molecule has 0 atom stereocenters. The molecule has 22 heavy (non-hydrogen) atoms. The number of aldehydes is 1. The van der Waals surface area contributed by atoms with Crippen molar-refractivity contribution in [3.05, 3.63) is 59.9 Å². The molecule has 0 aliphatic carbocycles. The number of carbonyl (C=O) groups is 1. The van der Waals surface area contributed by atoms with Crippen LogP contribution in [0.2, 0.25) is 0 Å². The van der Waals surface area contributed by atoms with E-state index in [2.05, 4.69) is 0 Å². The Morgan fingerprint density at radius 2 is 1.77 bits per heavy atom. The number of benzene rings is 2. The third kappa shape index (κ3) is 2.93. The van der Waals surface area contributed by atoms with Gasteiger partial charge >= 0.3 is 0 Å². The summed E-state index contributed by atoms with van der Waals surface area (Å²) in [5.41, 5.74) is 1.76. The lowest BCUT2D eigenvalue weighted by Crippen LogP contribution is -2.08. The minimum atomic E-state index is -1.38. The van der Waals surface area contributed by atoms with Crippen LogP contribution in [0.3, 0.4) is 0 Å². The molecule has 0 aliphatic rings. The molecule has 0 saturated carbocycles. The van der Waals surface area contributed by atoms with Gasteiger partial charge in [-0.1, -0.05) is 37.8 Å². The maximum absolute atomic E-state index is 14.1. The van der Waals surface area contributed by atoms with E-state index in [-0.39, 0.29) is 7.43 Å². The highest BCUT2D eigenvalue weighted by Gasteiger charge is 2.19. The van der Waals surface area contributed by atoms with Crippen LogP contribution in [0.15, 0.2) is 52.9 Å². The fourth-order valence-corrected chi connectivity index (χ4v) is 2.36. The minimum absolute atomic E-state index is 0. The van der Waals surface area contributed by atoms with Gasteiger partial charge in [0.05, 0.1) is 0 Å². The van der Waals surface area contributed by atoms with Crippen molar-refractivity contribution in [3.63, 3.8) is 0 Å². The molecule has 0 amide bonds. The summed E-state index contributed by atoms with van der Waals surface area (Å²) in [4.78, 5) is 10.8.